The summed E-state index contributed by atoms with van der Waals surface area (Å²) in [6, 6.07) is 7.54. The van der Waals surface area contributed by atoms with Crippen LogP contribution in [0.2, 0.25) is 0 Å². The summed E-state index contributed by atoms with van der Waals surface area (Å²) in [5.41, 5.74) is 3.23. The minimum atomic E-state index is -0.197. The quantitative estimate of drug-likeness (QED) is 0.943. The zero-order chi connectivity index (χ0) is 16.6. The van der Waals surface area contributed by atoms with E-state index < -0.39 is 0 Å². The number of rotatable bonds is 3. The second-order valence-electron chi connectivity index (χ2n) is 6.04. The lowest BCUT2D eigenvalue weighted by Gasteiger charge is -2.37. The van der Waals surface area contributed by atoms with Gasteiger partial charge in [0.25, 0.3) is 5.91 Å². The van der Waals surface area contributed by atoms with Gasteiger partial charge >= 0.3 is 0 Å². The largest absolute Gasteiger partial charge is 0.361 e. The third kappa shape index (κ3) is 3.11. The number of hydrogen-bond acceptors (Lipinski definition) is 4. The van der Waals surface area contributed by atoms with Gasteiger partial charge in [0, 0.05) is 24.8 Å². The highest BCUT2D eigenvalue weighted by Crippen LogP contribution is 2.22. The molecule has 0 bridgehead atoms. The molecule has 0 spiro atoms. The van der Waals surface area contributed by atoms with Gasteiger partial charge in [0.1, 0.15) is 5.76 Å². The molecule has 0 saturated carbocycles. The number of benzene rings is 1. The van der Waals surface area contributed by atoms with Crippen molar-refractivity contribution in [1.29, 1.82) is 0 Å². The Bertz CT molecular complexity index is 760. The van der Waals surface area contributed by atoms with Gasteiger partial charge in [0.15, 0.2) is 5.69 Å². The maximum Gasteiger partial charge on any atom is 0.276 e. The zero-order valence-corrected chi connectivity index (χ0v) is 13.4. The normalized spacial score (nSPS) is 14.5. The number of aryl methyl sites for hydroxylation is 3. The van der Waals surface area contributed by atoms with Crippen LogP contribution in [0.3, 0.4) is 0 Å². The Hall–Kier alpha value is -2.63. The molecule has 1 aliphatic heterocycles. The maximum absolute atomic E-state index is 12.3. The second kappa shape index (κ2) is 5.87. The van der Waals surface area contributed by atoms with Gasteiger partial charge < -0.3 is 14.7 Å². The molecule has 6 nitrogen and oxygen atoms in total. The summed E-state index contributed by atoms with van der Waals surface area (Å²) in [7, 11) is 0. The highest BCUT2D eigenvalue weighted by Gasteiger charge is 2.37. The Labute approximate surface area is 134 Å². The first kappa shape index (κ1) is 15.3. The number of carbonyl (C=O) groups excluding carboxylic acids is 2. The fourth-order valence-corrected chi connectivity index (χ4v) is 2.54. The molecule has 23 heavy (non-hydrogen) atoms. The fourth-order valence-electron chi connectivity index (χ4n) is 2.54. The number of anilines is 1. The standard InChI is InChI=1S/C17H19N3O3/c1-10-4-5-11(2)14(6-10)18-16(21)13-8-20(9-13)17(22)15-7-12(3)23-19-15/h4-7,13H,8-9H2,1-3H3,(H,18,21). The molecule has 1 aromatic heterocycles. The van der Waals surface area contributed by atoms with E-state index in [9.17, 15) is 9.59 Å². The molecule has 1 N–H and O–H groups in total. The molecular formula is C17H19N3O3. The van der Waals surface area contributed by atoms with Crippen molar-refractivity contribution in [2.45, 2.75) is 20.8 Å². The van der Waals surface area contributed by atoms with Crippen LogP contribution in [-0.4, -0.2) is 35.0 Å². The summed E-state index contributed by atoms with van der Waals surface area (Å²) in [5, 5.41) is 6.66. The van der Waals surface area contributed by atoms with Crippen molar-refractivity contribution in [3.63, 3.8) is 0 Å². The Morgan fingerprint density at radius 3 is 2.61 bits per heavy atom. The van der Waals surface area contributed by atoms with Crippen LogP contribution >= 0.6 is 0 Å². The van der Waals surface area contributed by atoms with Gasteiger partial charge in [-0.2, -0.15) is 0 Å². The van der Waals surface area contributed by atoms with Crippen LogP contribution in [0.5, 0.6) is 0 Å². The fraction of sp³-hybridized carbons (Fsp3) is 0.353. The Morgan fingerprint density at radius 2 is 1.96 bits per heavy atom. The van der Waals surface area contributed by atoms with Crippen LogP contribution < -0.4 is 5.32 Å². The number of hydrogen-bond donors (Lipinski definition) is 1. The van der Waals surface area contributed by atoms with Crippen LogP contribution in [0.15, 0.2) is 28.8 Å². The highest BCUT2D eigenvalue weighted by atomic mass is 16.5. The van der Waals surface area contributed by atoms with Gasteiger partial charge in [-0.1, -0.05) is 17.3 Å². The Balaban J connectivity index is 1.57. The first-order valence-corrected chi connectivity index (χ1v) is 7.55. The minimum Gasteiger partial charge on any atom is -0.361 e. The van der Waals surface area contributed by atoms with Crippen LogP contribution in [0.4, 0.5) is 5.69 Å². The molecule has 3 rings (SSSR count). The van der Waals surface area contributed by atoms with Crippen molar-refractivity contribution >= 4 is 17.5 Å². The number of carbonyl (C=O) groups is 2. The Morgan fingerprint density at radius 1 is 1.22 bits per heavy atom. The van der Waals surface area contributed by atoms with Crippen molar-refractivity contribution < 1.29 is 14.1 Å². The molecule has 0 atom stereocenters. The minimum absolute atomic E-state index is 0.0564. The lowest BCUT2D eigenvalue weighted by atomic mass is 9.98. The molecule has 120 valence electrons. The summed E-state index contributed by atoms with van der Waals surface area (Å²) in [6.45, 7) is 6.49. The number of likely N-dealkylation sites (tertiary alicyclic amines) is 1. The molecule has 1 fully saturated rings. The first-order chi connectivity index (χ1) is 10.9. The molecule has 2 amide bonds. The Kier molecular flexibility index (Phi) is 3.90. The van der Waals surface area contributed by atoms with Gasteiger partial charge in [0.2, 0.25) is 5.91 Å². The van der Waals surface area contributed by atoms with Gasteiger partial charge in [0.05, 0.1) is 5.92 Å². The zero-order valence-electron chi connectivity index (χ0n) is 13.4. The smallest absolute Gasteiger partial charge is 0.276 e. The van der Waals surface area contributed by atoms with Crippen molar-refractivity contribution in [3.8, 4) is 0 Å². The van der Waals surface area contributed by atoms with Crippen LogP contribution in [0, 0.1) is 26.7 Å². The topological polar surface area (TPSA) is 75.4 Å². The molecule has 1 saturated heterocycles. The summed E-state index contributed by atoms with van der Waals surface area (Å²) in [4.78, 5) is 26.0. The van der Waals surface area contributed by atoms with Crippen molar-refractivity contribution in [1.82, 2.24) is 10.1 Å². The van der Waals surface area contributed by atoms with E-state index in [0.29, 0.717) is 18.8 Å². The maximum atomic E-state index is 12.3. The van der Waals surface area contributed by atoms with Crippen LogP contribution in [0.25, 0.3) is 0 Å². The molecular weight excluding hydrogens is 294 g/mol. The predicted octanol–water partition coefficient (Wildman–Crippen LogP) is 2.31. The van der Waals surface area contributed by atoms with Crippen LogP contribution in [-0.2, 0) is 4.79 Å². The third-order valence-corrected chi connectivity index (χ3v) is 4.04. The average Bonchev–Trinajstić information content (AvgIpc) is 2.88. The van der Waals surface area contributed by atoms with Crippen molar-refractivity contribution in [3.05, 3.63) is 46.8 Å². The van der Waals surface area contributed by atoms with Gasteiger partial charge in [-0.15, -0.1) is 0 Å². The molecule has 2 heterocycles. The number of aromatic nitrogens is 1. The van der Waals surface area contributed by atoms with Gasteiger partial charge in [-0.05, 0) is 38.0 Å². The summed E-state index contributed by atoms with van der Waals surface area (Å²) in [5.74, 6) is 0.154. The van der Waals surface area contributed by atoms with E-state index in [0.717, 1.165) is 16.8 Å². The van der Waals surface area contributed by atoms with E-state index in [2.05, 4.69) is 10.5 Å². The van der Waals surface area contributed by atoms with E-state index in [1.54, 1.807) is 17.9 Å². The molecule has 1 aromatic carbocycles. The molecule has 0 radical (unpaired) electrons. The highest BCUT2D eigenvalue weighted by molar-refractivity contribution is 5.98. The van der Waals surface area contributed by atoms with Crippen molar-refractivity contribution in [2.75, 3.05) is 18.4 Å². The summed E-state index contributed by atoms with van der Waals surface area (Å²) >= 11 is 0. The summed E-state index contributed by atoms with van der Waals surface area (Å²) < 4.78 is 4.91. The van der Waals surface area contributed by atoms with Gasteiger partial charge in [-0.3, -0.25) is 9.59 Å². The lowest BCUT2D eigenvalue weighted by molar-refractivity contribution is -0.123. The first-order valence-electron chi connectivity index (χ1n) is 7.55. The van der Waals surface area contributed by atoms with E-state index in [4.69, 9.17) is 4.52 Å². The van der Waals surface area contributed by atoms with E-state index >= 15 is 0 Å². The molecule has 2 aromatic rings. The molecule has 1 aliphatic rings. The third-order valence-electron chi connectivity index (χ3n) is 4.04. The summed E-state index contributed by atoms with van der Waals surface area (Å²) in [6.07, 6.45) is 0. The molecule has 6 heteroatoms. The van der Waals surface area contributed by atoms with E-state index in [1.165, 1.54) is 0 Å². The monoisotopic (exact) mass is 313 g/mol. The average molecular weight is 313 g/mol. The number of amides is 2. The van der Waals surface area contributed by atoms with E-state index in [-0.39, 0.29) is 23.4 Å². The lowest BCUT2D eigenvalue weighted by Crippen LogP contribution is -2.54. The number of nitrogens with zero attached hydrogens (tertiary/aromatic N) is 2. The molecule has 0 aliphatic carbocycles. The second-order valence-corrected chi connectivity index (χ2v) is 6.04. The number of nitrogens with one attached hydrogen (secondary N) is 1. The SMILES string of the molecule is Cc1ccc(C)c(NC(=O)C2CN(C(=O)c3cc(C)on3)C2)c1. The van der Waals surface area contributed by atoms with Crippen LogP contribution in [0.1, 0.15) is 27.4 Å². The van der Waals surface area contributed by atoms with Gasteiger partial charge in [-0.25, -0.2) is 0 Å². The predicted molar refractivity (Wildman–Crippen MR) is 85.2 cm³/mol. The van der Waals surface area contributed by atoms with E-state index in [1.807, 2.05) is 32.0 Å². The molecule has 0 unspecified atom stereocenters. The van der Waals surface area contributed by atoms with Crippen molar-refractivity contribution in [2.24, 2.45) is 5.92 Å².